The zero-order valence-corrected chi connectivity index (χ0v) is 12.3. The van der Waals surface area contributed by atoms with Crippen LogP contribution in [0.4, 0.5) is 8.78 Å². The Morgan fingerprint density at radius 3 is 2.60 bits per heavy atom. The summed E-state index contributed by atoms with van der Waals surface area (Å²) in [7, 11) is 0. The van der Waals surface area contributed by atoms with Gasteiger partial charge in [0.05, 0.1) is 0 Å². The molecule has 0 bridgehead atoms. The SMILES string of the molecule is CCCC(C)[C@H](c1cc(F)ccc1F)N1CCNCC1. The van der Waals surface area contributed by atoms with Crippen molar-refractivity contribution in [2.24, 2.45) is 5.92 Å². The number of nitrogens with one attached hydrogen (secondary N) is 1. The lowest BCUT2D eigenvalue weighted by molar-refractivity contribution is 0.123. The van der Waals surface area contributed by atoms with E-state index in [9.17, 15) is 8.78 Å². The molecule has 1 N–H and O–H groups in total. The summed E-state index contributed by atoms with van der Waals surface area (Å²) < 4.78 is 27.7. The van der Waals surface area contributed by atoms with E-state index in [1.54, 1.807) is 0 Å². The van der Waals surface area contributed by atoms with Crippen LogP contribution in [0.25, 0.3) is 0 Å². The highest BCUT2D eigenvalue weighted by Crippen LogP contribution is 2.33. The van der Waals surface area contributed by atoms with Crippen molar-refractivity contribution in [3.63, 3.8) is 0 Å². The standard InChI is InChI=1S/C16H24F2N2/c1-3-4-12(2)16(20-9-7-19-8-10-20)14-11-13(17)5-6-15(14)18/h5-6,11-12,16,19H,3-4,7-10H2,1-2H3/t12?,16-/m1/s1. The molecule has 2 atom stereocenters. The Morgan fingerprint density at radius 1 is 1.25 bits per heavy atom. The molecular formula is C16H24F2N2. The first-order valence-corrected chi connectivity index (χ1v) is 7.53. The summed E-state index contributed by atoms with van der Waals surface area (Å²) >= 11 is 0. The Morgan fingerprint density at radius 2 is 1.95 bits per heavy atom. The van der Waals surface area contributed by atoms with E-state index >= 15 is 0 Å². The average Bonchev–Trinajstić information content (AvgIpc) is 2.44. The predicted molar refractivity (Wildman–Crippen MR) is 77.6 cm³/mol. The summed E-state index contributed by atoms with van der Waals surface area (Å²) in [6.45, 7) is 7.86. The zero-order chi connectivity index (χ0) is 14.5. The Bertz CT molecular complexity index is 430. The summed E-state index contributed by atoms with van der Waals surface area (Å²) in [6, 6.07) is 3.78. The molecule has 0 spiro atoms. The van der Waals surface area contributed by atoms with Crippen molar-refractivity contribution >= 4 is 0 Å². The van der Waals surface area contributed by atoms with Gasteiger partial charge in [-0.05, 0) is 30.5 Å². The van der Waals surface area contributed by atoms with Gasteiger partial charge in [-0.15, -0.1) is 0 Å². The first-order valence-electron chi connectivity index (χ1n) is 7.53. The second kappa shape index (κ2) is 7.14. The maximum absolute atomic E-state index is 14.2. The third-order valence-corrected chi connectivity index (χ3v) is 4.10. The van der Waals surface area contributed by atoms with E-state index in [4.69, 9.17) is 0 Å². The van der Waals surface area contributed by atoms with Gasteiger partial charge in [0.15, 0.2) is 0 Å². The van der Waals surface area contributed by atoms with E-state index < -0.39 is 0 Å². The average molecular weight is 282 g/mol. The van der Waals surface area contributed by atoms with E-state index in [0.717, 1.165) is 39.0 Å². The van der Waals surface area contributed by atoms with Gasteiger partial charge in [0, 0.05) is 37.8 Å². The number of piperazine rings is 1. The summed E-state index contributed by atoms with van der Waals surface area (Å²) in [5.41, 5.74) is 0.507. The molecule has 4 heteroatoms. The number of benzene rings is 1. The van der Waals surface area contributed by atoms with Gasteiger partial charge in [-0.1, -0.05) is 20.3 Å². The third kappa shape index (κ3) is 3.55. The van der Waals surface area contributed by atoms with Crippen LogP contribution >= 0.6 is 0 Å². The number of halogens is 2. The summed E-state index contributed by atoms with van der Waals surface area (Å²) in [4.78, 5) is 2.29. The van der Waals surface area contributed by atoms with Gasteiger partial charge in [-0.2, -0.15) is 0 Å². The zero-order valence-electron chi connectivity index (χ0n) is 12.3. The molecule has 0 aromatic heterocycles. The molecule has 1 aliphatic rings. The highest BCUT2D eigenvalue weighted by molar-refractivity contribution is 5.23. The lowest BCUT2D eigenvalue weighted by Gasteiger charge is -2.38. The molecule has 1 aromatic carbocycles. The molecular weight excluding hydrogens is 258 g/mol. The summed E-state index contributed by atoms with van der Waals surface area (Å²) in [6.07, 6.45) is 2.07. The van der Waals surface area contributed by atoms with Crippen LogP contribution in [0.2, 0.25) is 0 Å². The van der Waals surface area contributed by atoms with Crippen molar-refractivity contribution in [3.05, 3.63) is 35.4 Å². The second-order valence-electron chi connectivity index (χ2n) is 5.66. The molecule has 112 valence electrons. The molecule has 0 aliphatic carbocycles. The van der Waals surface area contributed by atoms with Crippen molar-refractivity contribution in [2.75, 3.05) is 26.2 Å². The van der Waals surface area contributed by atoms with Gasteiger partial charge in [0.25, 0.3) is 0 Å². The fraction of sp³-hybridized carbons (Fsp3) is 0.625. The highest BCUT2D eigenvalue weighted by atomic mass is 19.1. The number of nitrogens with zero attached hydrogens (tertiary/aromatic N) is 1. The molecule has 1 aromatic rings. The minimum absolute atomic E-state index is 0.0345. The molecule has 1 fully saturated rings. The lowest BCUT2D eigenvalue weighted by Crippen LogP contribution is -2.46. The highest BCUT2D eigenvalue weighted by Gasteiger charge is 2.29. The Hall–Kier alpha value is -1.00. The topological polar surface area (TPSA) is 15.3 Å². The molecule has 1 heterocycles. The third-order valence-electron chi connectivity index (χ3n) is 4.10. The van der Waals surface area contributed by atoms with Gasteiger partial charge in [0.2, 0.25) is 0 Å². The number of hydrogen-bond acceptors (Lipinski definition) is 2. The van der Waals surface area contributed by atoms with Crippen LogP contribution in [0.15, 0.2) is 18.2 Å². The van der Waals surface area contributed by atoms with E-state index in [0.29, 0.717) is 11.5 Å². The van der Waals surface area contributed by atoms with Gasteiger partial charge >= 0.3 is 0 Å². The molecule has 2 rings (SSSR count). The smallest absolute Gasteiger partial charge is 0.128 e. The van der Waals surface area contributed by atoms with Gasteiger partial charge in [0.1, 0.15) is 11.6 Å². The molecule has 0 saturated carbocycles. The monoisotopic (exact) mass is 282 g/mol. The molecule has 0 radical (unpaired) electrons. The number of rotatable bonds is 5. The van der Waals surface area contributed by atoms with Crippen molar-refractivity contribution in [3.8, 4) is 0 Å². The predicted octanol–water partition coefficient (Wildman–Crippen LogP) is 3.35. The molecule has 0 amide bonds. The number of hydrogen-bond donors (Lipinski definition) is 1. The van der Waals surface area contributed by atoms with Crippen LogP contribution in [0, 0.1) is 17.6 Å². The van der Waals surface area contributed by atoms with Gasteiger partial charge < -0.3 is 5.32 Å². The van der Waals surface area contributed by atoms with Gasteiger partial charge in [-0.3, -0.25) is 4.90 Å². The summed E-state index contributed by atoms with van der Waals surface area (Å²) in [5, 5.41) is 3.31. The van der Waals surface area contributed by atoms with Crippen molar-refractivity contribution in [1.82, 2.24) is 10.2 Å². The van der Waals surface area contributed by atoms with Crippen LogP contribution in [0.5, 0.6) is 0 Å². The first kappa shape index (κ1) is 15.4. The van der Waals surface area contributed by atoms with E-state index in [2.05, 4.69) is 24.1 Å². The fourth-order valence-corrected chi connectivity index (χ4v) is 3.18. The van der Waals surface area contributed by atoms with Gasteiger partial charge in [-0.25, -0.2) is 8.78 Å². The molecule has 1 aliphatic heterocycles. The van der Waals surface area contributed by atoms with Crippen LogP contribution < -0.4 is 5.32 Å². The van der Waals surface area contributed by atoms with Crippen LogP contribution in [-0.4, -0.2) is 31.1 Å². The van der Waals surface area contributed by atoms with Crippen molar-refractivity contribution < 1.29 is 8.78 Å². The van der Waals surface area contributed by atoms with Crippen molar-refractivity contribution in [1.29, 1.82) is 0 Å². The molecule has 1 saturated heterocycles. The van der Waals surface area contributed by atoms with Crippen molar-refractivity contribution in [2.45, 2.75) is 32.7 Å². The molecule has 1 unspecified atom stereocenters. The van der Waals surface area contributed by atoms with E-state index in [-0.39, 0.29) is 17.7 Å². The Labute approximate surface area is 120 Å². The summed E-state index contributed by atoms with van der Waals surface area (Å²) in [5.74, 6) is -0.336. The maximum atomic E-state index is 14.2. The molecule has 20 heavy (non-hydrogen) atoms. The van der Waals surface area contributed by atoms with E-state index in [1.807, 2.05) is 0 Å². The van der Waals surface area contributed by atoms with Crippen LogP contribution in [-0.2, 0) is 0 Å². The Kier molecular flexibility index (Phi) is 5.49. The minimum atomic E-state index is -0.356. The second-order valence-corrected chi connectivity index (χ2v) is 5.66. The Balaban J connectivity index is 2.31. The van der Waals surface area contributed by atoms with Crippen LogP contribution in [0.3, 0.4) is 0 Å². The minimum Gasteiger partial charge on any atom is -0.314 e. The maximum Gasteiger partial charge on any atom is 0.128 e. The quantitative estimate of drug-likeness (QED) is 0.891. The lowest BCUT2D eigenvalue weighted by atomic mass is 9.89. The largest absolute Gasteiger partial charge is 0.314 e. The first-order chi connectivity index (χ1) is 9.63. The van der Waals surface area contributed by atoms with E-state index in [1.165, 1.54) is 18.2 Å². The molecule has 2 nitrogen and oxygen atoms in total. The van der Waals surface area contributed by atoms with Crippen LogP contribution in [0.1, 0.15) is 38.3 Å². The fourth-order valence-electron chi connectivity index (χ4n) is 3.18. The normalized spacial score (nSPS) is 19.8.